The number of allylic oxidation sites excluding steroid dienone is 1. The average Bonchev–Trinajstić information content (AvgIpc) is 2.26. The summed E-state index contributed by atoms with van der Waals surface area (Å²) in [5, 5.41) is 8.84. The van der Waals surface area contributed by atoms with Gasteiger partial charge in [-0.05, 0) is 18.9 Å². The molecule has 1 heterocycles. The van der Waals surface area contributed by atoms with Crippen LogP contribution in [0.15, 0.2) is 12.3 Å². The van der Waals surface area contributed by atoms with Crippen LogP contribution < -0.4 is 0 Å². The fraction of sp³-hybridized carbons (Fsp3) is 0.636. The first-order chi connectivity index (χ1) is 7.50. The van der Waals surface area contributed by atoms with Gasteiger partial charge in [-0.1, -0.05) is 0 Å². The lowest BCUT2D eigenvalue weighted by Gasteiger charge is -2.29. The smallest absolute Gasteiger partial charge is 0.407 e. The summed E-state index contributed by atoms with van der Waals surface area (Å²) in [6.45, 7) is 0.864. The molecule has 0 bridgehead atoms. The van der Waals surface area contributed by atoms with Gasteiger partial charge in [-0.2, -0.15) is 0 Å². The van der Waals surface area contributed by atoms with E-state index < -0.39 is 6.09 Å². The zero-order valence-electron chi connectivity index (χ0n) is 9.72. The van der Waals surface area contributed by atoms with Crippen LogP contribution in [0.1, 0.15) is 12.8 Å². The molecule has 90 valence electrons. The molecule has 1 atom stereocenters. The van der Waals surface area contributed by atoms with Crippen LogP contribution >= 0.6 is 0 Å². The second-order valence-corrected chi connectivity index (χ2v) is 4.25. The maximum absolute atomic E-state index is 11.7. The van der Waals surface area contributed by atoms with E-state index >= 15 is 0 Å². The minimum absolute atomic E-state index is 0.0136. The molecule has 0 aromatic heterocycles. The molecule has 0 spiro atoms. The third kappa shape index (κ3) is 3.56. The number of hydrogen-bond donors (Lipinski definition) is 1. The number of likely N-dealkylation sites (tertiary alicyclic amines) is 1. The van der Waals surface area contributed by atoms with Crippen molar-refractivity contribution in [3.05, 3.63) is 12.3 Å². The van der Waals surface area contributed by atoms with Crippen molar-refractivity contribution in [3.8, 4) is 0 Å². The number of rotatable bonds is 3. The first-order valence-corrected chi connectivity index (χ1v) is 5.37. The van der Waals surface area contributed by atoms with Crippen molar-refractivity contribution in [2.45, 2.75) is 12.8 Å². The summed E-state index contributed by atoms with van der Waals surface area (Å²) in [5.41, 5.74) is 0. The van der Waals surface area contributed by atoms with Crippen LogP contribution in [0.2, 0.25) is 0 Å². The van der Waals surface area contributed by atoms with Crippen LogP contribution in [-0.4, -0.2) is 54.0 Å². The largest absolute Gasteiger partial charge is 0.465 e. The Labute approximate surface area is 95.3 Å². The average molecular weight is 226 g/mol. The Morgan fingerprint density at radius 3 is 2.69 bits per heavy atom. The molecule has 0 saturated carbocycles. The van der Waals surface area contributed by atoms with Crippen molar-refractivity contribution in [3.63, 3.8) is 0 Å². The van der Waals surface area contributed by atoms with Gasteiger partial charge in [-0.3, -0.25) is 4.79 Å². The normalized spacial score (nSPS) is 21.1. The number of nitrogens with zero attached hydrogens (tertiary/aromatic N) is 2. The standard InChI is InChI=1S/C11H18N2O3/c1-12(2)7-5-10(14)9-4-3-6-13(8-9)11(15)16/h5,7,9H,3-4,6,8H2,1-2H3,(H,15,16)/b7-5+. The van der Waals surface area contributed by atoms with Crippen molar-refractivity contribution >= 4 is 11.9 Å². The van der Waals surface area contributed by atoms with Crippen molar-refractivity contribution in [2.24, 2.45) is 5.92 Å². The summed E-state index contributed by atoms with van der Waals surface area (Å²) in [6.07, 6.45) is 3.82. The topological polar surface area (TPSA) is 60.9 Å². The minimum atomic E-state index is -0.936. The number of piperidine rings is 1. The Morgan fingerprint density at radius 1 is 1.44 bits per heavy atom. The van der Waals surface area contributed by atoms with E-state index in [0.717, 1.165) is 12.8 Å². The highest BCUT2D eigenvalue weighted by molar-refractivity contribution is 5.92. The molecular weight excluding hydrogens is 208 g/mol. The van der Waals surface area contributed by atoms with E-state index in [-0.39, 0.29) is 11.7 Å². The van der Waals surface area contributed by atoms with Gasteiger partial charge in [-0.15, -0.1) is 0 Å². The Morgan fingerprint density at radius 2 is 2.12 bits per heavy atom. The van der Waals surface area contributed by atoms with Crippen LogP contribution in [0.25, 0.3) is 0 Å². The summed E-state index contributed by atoms with van der Waals surface area (Å²) in [4.78, 5) is 25.6. The van der Waals surface area contributed by atoms with Crippen LogP contribution in [-0.2, 0) is 4.79 Å². The van der Waals surface area contributed by atoms with E-state index in [2.05, 4.69) is 0 Å². The summed E-state index contributed by atoms with van der Waals surface area (Å²) < 4.78 is 0. The van der Waals surface area contributed by atoms with Gasteiger partial charge in [0.15, 0.2) is 5.78 Å². The molecule has 0 aromatic rings. The summed E-state index contributed by atoms with van der Waals surface area (Å²) in [6, 6.07) is 0. The number of carboxylic acid groups (broad SMARTS) is 1. The molecule has 1 amide bonds. The summed E-state index contributed by atoms with van der Waals surface area (Å²) in [5.74, 6) is -0.166. The summed E-state index contributed by atoms with van der Waals surface area (Å²) in [7, 11) is 3.68. The number of hydrogen-bond acceptors (Lipinski definition) is 3. The van der Waals surface area contributed by atoms with Gasteiger partial charge >= 0.3 is 6.09 Å². The molecule has 1 aliphatic rings. The van der Waals surface area contributed by atoms with Gasteiger partial charge in [-0.25, -0.2) is 4.79 Å². The Balaban J connectivity index is 2.53. The van der Waals surface area contributed by atoms with E-state index in [9.17, 15) is 9.59 Å². The molecule has 1 aliphatic heterocycles. The van der Waals surface area contributed by atoms with Crippen molar-refractivity contribution < 1.29 is 14.7 Å². The maximum Gasteiger partial charge on any atom is 0.407 e. The lowest BCUT2D eigenvalue weighted by atomic mass is 9.94. The molecular formula is C11H18N2O3. The predicted molar refractivity (Wildman–Crippen MR) is 60.2 cm³/mol. The third-order valence-electron chi connectivity index (χ3n) is 2.63. The van der Waals surface area contributed by atoms with Crippen LogP contribution in [0.3, 0.4) is 0 Å². The summed E-state index contributed by atoms with van der Waals surface area (Å²) >= 11 is 0. The maximum atomic E-state index is 11.7. The molecule has 0 aromatic carbocycles. The molecule has 1 saturated heterocycles. The van der Waals surface area contributed by atoms with E-state index in [1.807, 2.05) is 14.1 Å². The van der Waals surface area contributed by atoms with Gasteiger partial charge in [0.1, 0.15) is 0 Å². The van der Waals surface area contributed by atoms with Crippen molar-refractivity contribution in [1.29, 1.82) is 0 Å². The molecule has 1 N–H and O–H groups in total. The van der Waals surface area contributed by atoms with Crippen LogP contribution in [0.5, 0.6) is 0 Å². The van der Waals surface area contributed by atoms with Gasteiger partial charge in [0, 0.05) is 39.3 Å². The minimum Gasteiger partial charge on any atom is -0.465 e. The molecule has 1 unspecified atom stereocenters. The fourth-order valence-corrected chi connectivity index (χ4v) is 1.74. The molecule has 1 rings (SSSR count). The Kier molecular flexibility index (Phi) is 4.34. The first-order valence-electron chi connectivity index (χ1n) is 5.37. The van der Waals surface area contributed by atoms with Crippen LogP contribution in [0, 0.1) is 5.92 Å². The number of amides is 1. The predicted octanol–water partition coefficient (Wildman–Crippen LogP) is 1.02. The zero-order chi connectivity index (χ0) is 12.1. The molecule has 1 fully saturated rings. The highest BCUT2D eigenvalue weighted by Gasteiger charge is 2.26. The molecule has 16 heavy (non-hydrogen) atoms. The SMILES string of the molecule is CN(C)/C=C/C(=O)C1CCCN(C(=O)O)C1. The van der Waals surface area contributed by atoms with E-state index in [4.69, 9.17) is 5.11 Å². The van der Waals surface area contributed by atoms with E-state index in [0.29, 0.717) is 13.1 Å². The monoisotopic (exact) mass is 226 g/mol. The second-order valence-electron chi connectivity index (χ2n) is 4.25. The fourth-order valence-electron chi connectivity index (χ4n) is 1.74. The number of carbonyl (C=O) groups is 2. The zero-order valence-corrected chi connectivity index (χ0v) is 9.72. The lowest BCUT2D eigenvalue weighted by molar-refractivity contribution is -0.119. The van der Waals surface area contributed by atoms with Gasteiger partial charge in [0.2, 0.25) is 0 Å². The van der Waals surface area contributed by atoms with E-state index in [1.54, 1.807) is 11.1 Å². The molecule has 5 heteroatoms. The third-order valence-corrected chi connectivity index (χ3v) is 2.63. The number of ketones is 1. The number of carbonyl (C=O) groups excluding carboxylic acids is 1. The quantitative estimate of drug-likeness (QED) is 0.730. The van der Waals surface area contributed by atoms with Crippen molar-refractivity contribution in [1.82, 2.24) is 9.80 Å². The first kappa shape index (κ1) is 12.5. The van der Waals surface area contributed by atoms with Gasteiger partial charge in [0.05, 0.1) is 0 Å². The highest BCUT2D eigenvalue weighted by Crippen LogP contribution is 2.17. The molecule has 5 nitrogen and oxygen atoms in total. The second kappa shape index (κ2) is 5.53. The Bertz CT molecular complexity index is 300. The molecule has 0 aliphatic carbocycles. The van der Waals surface area contributed by atoms with Gasteiger partial charge < -0.3 is 14.9 Å². The molecule has 0 radical (unpaired) electrons. The highest BCUT2D eigenvalue weighted by atomic mass is 16.4. The van der Waals surface area contributed by atoms with E-state index in [1.165, 1.54) is 11.0 Å². The van der Waals surface area contributed by atoms with Crippen molar-refractivity contribution in [2.75, 3.05) is 27.2 Å². The lowest BCUT2D eigenvalue weighted by Crippen LogP contribution is -2.41. The van der Waals surface area contributed by atoms with Crippen LogP contribution in [0.4, 0.5) is 4.79 Å². The Hall–Kier alpha value is -1.52. The van der Waals surface area contributed by atoms with Gasteiger partial charge in [0.25, 0.3) is 0 Å².